The third kappa shape index (κ3) is 4.31. The Labute approximate surface area is 115 Å². The van der Waals surface area contributed by atoms with Crippen LogP contribution in [0.3, 0.4) is 0 Å². The molecule has 0 bridgehead atoms. The highest BCUT2D eigenvalue weighted by molar-refractivity contribution is 5.76. The first-order chi connectivity index (χ1) is 9.29. The van der Waals surface area contributed by atoms with Crippen LogP contribution in [0.1, 0.15) is 25.0 Å². The molecule has 1 amide bonds. The van der Waals surface area contributed by atoms with Crippen LogP contribution in [-0.2, 0) is 11.2 Å². The van der Waals surface area contributed by atoms with Crippen molar-refractivity contribution in [2.45, 2.75) is 25.7 Å². The van der Waals surface area contributed by atoms with Gasteiger partial charge in [0.05, 0.1) is 0 Å². The van der Waals surface area contributed by atoms with Crippen molar-refractivity contribution in [3.63, 3.8) is 0 Å². The zero-order chi connectivity index (χ0) is 13.5. The largest absolute Gasteiger partial charge is 0.342 e. The molecule has 1 aliphatic heterocycles. The predicted molar refractivity (Wildman–Crippen MR) is 75.8 cm³/mol. The van der Waals surface area contributed by atoms with Crippen molar-refractivity contribution in [3.05, 3.63) is 30.1 Å². The molecule has 0 spiro atoms. The topological polar surface area (TPSA) is 45.2 Å². The van der Waals surface area contributed by atoms with Gasteiger partial charge in [0.25, 0.3) is 0 Å². The average molecular weight is 261 g/mol. The Morgan fingerprint density at radius 1 is 1.53 bits per heavy atom. The Bertz CT molecular complexity index is 392. The molecule has 1 aliphatic rings. The third-order valence-electron chi connectivity index (χ3n) is 3.69. The molecule has 1 atom stereocenters. The van der Waals surface area contributed by atoms with Crippen LogP contribution in [0, 0.1) is 5.92 Å². The molecule has 1 N–H and O–H groups in total. The molecule has 1 aromatic rings. The van der Waals surface area contributed by atoms with Gasteiger partial charge in [0.2, 0.25) is 5.91 Å². The van der Waals surface area contributed by atoms with E-state index in [9.17, 15) is 4.79 Å². The summed E-state index contributed by atoms with van der Waals surface area (Å²) in [7, 11) is 1.97. The van der Waals surface area contributed by atoms with Gasteiger partial charge in [0.15, 0.2) is 0 Å². The van der Waals surface area contributed by atoms with Crippen molar-refractivity contribution in [1.82, 2.24) is 15.2 Å². The van der Waals surface area contributed by atoms with Crippen LogP contribution < -0.4 is 5.32 Å². The first kappa shape index (κ1) is 14.0. The maximum Gasteiger partial charge on any atom is 0.222 e. The quantitative estimate of drug-likeness (QED) is 0.873. The van der Waals surface area contributed by atoms with Crippen molar-refractivity contribution < 1.29 is 4.79 Å². The van der Waals surface area contributed by atoms with Gasteiger partial charge < -0.3 is 10.2 Å². The normalized spacial score (nSPS) is 19.4. The minimum atomic E-state index is 0.270. The number of nitrogens with zero attached hydrogens (tertiary/aromatic N) is 2. The van der Waals surface area contributed by atoms with Gasteiger partial charge in [0, 0.05) is 31.4 Å². The van der Waals surface area contributed by atoms with Crippen LogP contribution in [0.15, 0.2) is 24.4 Å². The van der Waals surface area contributed by atoms with Crippen LogP contribution in [0.2, 0.25) is 0 Å². The lowest BCUT2D eigenvalue weighted by molar-refractivity contribution is -0.132. The van der Waals surface area contributed by atoms with Gasteiger partial charge >= 0.3 is 0 Å². The van der Waals surface area contributed by atoms with E-state index in [4.69, 9.17) is 0 Å². The van der Waals surface area contributed by atoms with Gasteiger partial charge in [-0.15, -0.1) is 0 Å². The second kappa shape index (κ2) is 7.24. The van der Waals surface area contributed by atoms with Gasteiger partial charge in [-0.2, -0.15) is 0 Å². The lowest BCUT2D eigenvalue weighted by atomic mass is 9.97. The van der Waals surface area contributed by atoms with E-state index in [0.29, 0.717) is 12.3 Å². The highest BCUT2D eigenvalue weighted by Crippen LogP contribution is 2.16. The van der Waals surface area contributed by atoms with Crippen LogP contribution in [0.25, 0.3) is 0 Å². The number of piperidine rings is 1. The number of carbonyl (C=O) groups excluding carboxylic acids is 1. The van der Waals surface area contributed by atoms with Gasteiger partial charge in [-0.1, -0.05) is 6.07 Å². The Balaban J connectivity index is 1.79. The molecule has 1 aromatic heterocycles. The predicted octanol–water partition coefficient (Wildman–Crippen LogP) is 1.47. The molecular formula is C15H23N3O. The minimum absolute atomic E-state index is 0.270. The summed E-state index contributed by atoms with van der Waals surface area (Å²) in [5, 5.41) is 3.21. The standard InChI is InChI=1S/C15H23N3O/c1-16-11-13-5-4-10-18(12-13)15(19)8-7-14-6-2-3-9-17-14/h2-3,6,9,13,16H,4-5,7-8,10-12H2,1H3. The number of pyridine rings is 1. The molecule has 2 rings (SSSR count). The molecule has 1 unspecified atom stereocenters. The summed E-state index contributed by atoms with van der Waals surface area (Å²) in [5.41, 5.74) is 1.000. The first-order valence-electron chi connectivity index (χ1n) is 7.12. The highest BCUT2D eigenvalue weighted by atomic mass is 16.2. The van der Waals surface area contributed by atoms with Crippen molar-refractivity contribution in [2.24, 2.45) is 5.92 Å². The molecule has 0 radical (unpaired) electrons. The molecule has 104 valence electrons. The number of amides is 1. The maximum absolute atomic E-state index is 12.2. The number of rotatable bonds is 5. The van der Waals surface area contributed by atoms with E-state index < -0.39 is 0 Å². The second-order valence-electron chi connectivity index (χ2n) is 5.23. The highest BCUT2D eigenvalue weighted by Gasteiger charge is 2.22. The van der Waals surface area contributed by atoms with E-state index in [2.05, 4.69) is 10.3 Å². The molecule has 0 aromatic carbocycles. The Kier molecular flexibility index (Phi) is 5.33. The van der Waals surface area contributed by atoms with Crippen LogP contribution >= 0.6 is 0 Å². The maximum atomic E-state index is 12.2. The van der Waals surface area contributed by atoms with Crippen LogP contribution in [-0.4, -0.2) is 42.5 Å². The van der Waals surface area contributed by atoms with E-state index in [0.717, 1.165) is 38.2 Å². The van der Waals surface area contributed by atoms with Crippen LogP contribution in [0.5, 0.6) is 0 Å². The van der Waals surface area contributed by atoms with Crippen molar-refractivity contribution in [1.29, 1.82) is 0 Å². The molecule has 4 heteroatoms. The van der Waals surface area contributed by atoms with E-state index in [-0.39, 0.29) is 5.91 Å². The fourth-order valence-corrected chi connectivity index (χ4v) is 2.69. The molecule has 0 aliphatic carbocycles. The molecule has 19 heavy (non-hydrogen) atoms. The Morgan fingerprint density at radius 2 is 2.42 bits per heavy atom. The van der Waals surface area contributed by atoms with Crippen molar-refractivity contribution in [2.75, 3.05) is 26.7 Å². The minimum Gasteiger partial charge on any atom is -0.342 e. The Morgan fingerprint density at radius 3 is 3.16 bits per heavy atom. The van der Waals surface area contributed by atoms with E-state index in [1.165, 1.54) is 6.42 Å². The fourth-order valence-electron chi connectivity index (χ4n) is 2.69. The van der Waals surface area contributed by atoms with E-state index in [1.54, 1.807) is 6.20 Å². The number of aromatic nitrogens is 1. The summed E-state index contributed by atoms with van der Waals surface area (Å²) in [5.74, 6) is 0.879. The summed E-state index contributed by atoms with van der Waals surface area (Å²) in [4.78, 5) is 18.5. The summed E-state index contributed by atoms with van der Waals surface area (Å²) in [6, 6.07) is 5.85. The summed E-state index contributed by atoms with van der Waals surface area (Å²) >= 11 is 0. The monoisotopic (exact) mass is 261 g/mol. The smallest absolute Gasteiger partial charge is 0.222 e. The van der Waals surface area contributed by atoms with Crippen molar-refractivity contribution >= 4 is 5.91 Å². The zero-order valence-corrected chi connectivity index (χ0v) is 11.6. The van der Waals surface area contributed by atoms with Gasteiger partial charge in [0.1, 0.15) is 0 Å². The summed E-state index contributed by atoms with van der Waals surface area (Å²) in [6.45, 7) is 2.83. The SMILES string of the molecule is CNCC1CCCN(C(=O)CCc2ccccn2)C1. The van der Waals surface area contributed by atoms with Gasteiger partial charge in [-0.25, -0.2) is 0 Å². The summed E-state index contributed by atoms with van der Waals surface area (Å²) in [6.07, 6.45) is 5.45. The first-order valence-corrected chi connectivity index (χ1v) is 7.12. The lowest BCUT2D eigenvalue weighted by Crippen LogP contribution is -2.42. The number of nitrogens with one attached hydrogen (secondary N) is 1. The molecule has 2 heterocycles. The molecule has 1 fully saturated rings. The van der Waals surface area contributed by atoms with E-state index in [1.807, 2.05) is 30.1 Å². The second-order valence-corrected chi connectivity index (χ2v) is 5.23. The number of carbonyl (C=O) groups is 1. The van der Waals surface area contributed by atoms with Gasteiger partial charge in [-0.05, 0) is 50.9 Å². The number of likely N-dealkylation sites (tertiary alicyclic amines) is 1. The number of hydrogen-bond acceptors (Lipinski definition) is 3. The molecular weight excluding hydrogens is 238 g/mol. The number of hydrogen-bond donors (Lipinski definition) is 1. The zero-order valence-electron chi connectivity index (χ0n) is 11.6. The fraction of sp³-hybridized carbons (Fsp3) is 0.600. The Hall–Kier alpha value is -1.42. The average Bonchev–Trinajstić information content (AvgIpc) is 2.46. The van der Waals surface area contributed by atoms with Gasteiger partial charge in [-0.3, -0.25) is 9.78 Å². The molecule has 4 nitrogen and oxygen atoms in total. The number of aryl methyl sites for hydroxylation is 1. The third-order valence-corrected chi connectivity index (χ3v) is 3.69. The molecule has 0 saturated carbocycles. The molecule has 1 saturated heterocycles. The van der Waals surface area contributed by atoms with Crippen molar-refractivity contribution in [3.8, 4) is 0 Å². The van der Waals surface area contributed by atoms with Crippen LogP contribution in [0.4, 0.5) is 0 Å². The summed E-state index contributed by atoms with van der Waals surface area (Å²) < 4.78 is 0. The lowest BCUT2D eigenvalue weighted by Gasteiger charge is -2.32. The van der Waals surface area contributed by atoms with E-state index >= 15 is 0 Å².